The Hall–Kier alpha value is -1.62. The molecular weight excluding hydrogens is 213 g/mol. The van der Waals surface area contributed by atoms with Gasteiger partial charge in [0.2, 0.25) is 0 Å². The van der Waals surface area contributed by atoms with E-state index in [2.05, 4.69) is 4.74 Å². The molecule has 1 aromatic rings. The number of methoxy groups -OCH3 is 1. The fourth-order valence-electron chi connectivity index (χ4n) is 1.13. The molecule has 0 radical (unpaired) electrons. The molecule has 5 heteroatoms. The average Bonchev–Trinajstić information content (AvgIpc) is 2.28. The van der Waals surface area contributed by atoms with E-state index in [0.29, 0.717) is 12.2 Å². The second kappa shape index (κ2) is 6.07. The Morgan fingerprint density at radius 2 is 2.31 bits per heavy atom. The molecule has 0 saturated heterocycles. The van der Waals surface area contributed by atoms with Crippen LogP contribution < -0.4 is 10.5 Å². The van der Waals surface area contributed by atoms with E-state index in [1.165, 1.54) is 19.2 Å². The van der Waals surface area contributed by atoms with Gasteiger partial charge in [-0.05, 0) is 12.1 Å². The van der Waals surface area contributed by atoms with Crippen molar-refractivity contribution in [3.63, 3.8) is 0 Å². The monoisotopic (exact) mass is 227 g/mol. The maximum absolute atomic E-state index is 12.8. The predicted octanol–water partition coefficient (Wildman–Crippen LogP) is 1.09. The van der Waals surface area contributed by atoms with Crippen molar-refractivity contribution in [2.45, 2.75) is 12.5 Å². The van der Waals surface area contributed by atoms with Gasteiger partial charge in [-0.3, -0.25) is 4.79 Å². The van der Waals surface area contributed by atoms with Crippen molar-refractivity contribution >= 4 is 5.97 Å². The summed E-state index contributed by atoms with van der Waals surface area (Å²) in [6.07, 6.45) is 0.323. The van der Waals surface area contributed by atoms with Crippen LogP contribution in [0.2, 0.25) is 0 Å². The number of halogens is 1. The molecule has 1 atom stereocenters. The van der Waals surface area contributed by atoms with Crippen molar-refractivity contribution in [1.29, 1.82) is 0 Å². The second-order valence-electron chi connectivity index (χ2n) is 3.22. The lowest BCUT2D eigenvalue weighted by molar-refractivity contribution is -0.142. The quantitative estimate of drug-likeness (QED) is 0.765. The molecule has 0 bridgehead atoms. The maximum Gasteiger partial charge on any atom is 0.322 e. The first-order valence-corrected chi connectivity index (χ1v) is 4.85. The molecule has 16 heavy (non-hydrogen) atoms. The van der Waals surface area contributed by atoms with Gasteiger partial charge < -0.3 is 15.2 Å². The molecule has 0 spiro atoms. The molecule has 2 N–H and O–H groups in total. The summed E-state index contributed by atoms with van der Waals surface area (Å²) in [6.45, 7) is 0.236. The zero-order valence-electron chi connectivity index (χ0n) is 8.98. The number of carbonyl (C=O) groups is 1. The molecule has 0 aromatic heterocycles. The molecule has 1 aromatic carbocycles. The maximum atomic E-state index is 12.8. The third kappa shape index (κ3) is 3.86. The van der Waals surface area contributed by atoms with Crippen LogP contribution in [0.5, 0.6) is 5.75 Å². The lowest BCUT2D eigenvalue weighted by Crippen LogP contribution is -2.33. The molecule has 0 heterocycles. The fourth-order valence-corrected chi connectivity index (χ4v) is 1.13. The number of nitrogens with two attached hydrogens (primary N) is 1. The number of benzene rings is 1. The number of esters is 1. The highest BCUT2D eigenvalue weighted by Crippen LogP contribution is 2.12. The zero-order chi connectivity index (χ0) is 12.0. The summed E-state index contributed by atoms with van der Waals surface area (Å²) in [7, 11) is 1.27. The van der Waals surface area contributed by atoms with E-state index >= 15 is 0 Å². The summed E-state index contributed by atoms with van der Waals surface area (Å²) in [4.78, 5) is 10.9. The van der Waals surface area contributed by atoms with Gasteiger partial charge in [-0.25, -0.2) is 4.39 Å². The second-order valence-corrected chi connectivity index (χ2v) is 3.22. The average molecular weight is 227 g/mol. The Morgan fingerprint density at radius 1 is 1.56 bits per heavy atom. The van der Waals surface area contributed by atoms with Gasteiger partial charge in [-0.2, -0.15) is 0 Å². The highest BCUT2D eigenvalue weighted by Gasteiger charge is 2.13. The van der Waals surface area contributed by atoms with Crippen LogP contribution in [0.15, 0.2) is 24.3 Å². The number of carbonyl (C=O) groups excluding carboxylic acids is 1. The summed E-state index contributed by atoms with van der Waals surface area (Å²) < 4.78 is 22.4. The van der Waals surface area contributed by atoms with E-state index < -0.39 is 12.0 Å². The van der Waals surface area contributed by atoms with Gasteiger partial charge in [0.25, 0.3) is 0 Å². The van der Waals surface area contributed by atoms with Gasteiger partial charge in [0.05, 0.1) is 13.7 Å². The van der Waals surface area contributed by atoms with Crippen LogP contribution in [0.3, 0.4) is 0 Å². The number of rotatable bonds is 5. The molecule has 0 aliphatic heterocycles. The first-order chi connectivity index (χ1) is 7.63. The Labute approximate surface area is 93.2 Å². The van der Waals surface area contributed by atoms with Crippen molar-refractivity contribution in [3.8, 4) is 5.75 Å². The van der Waals surface area contributed by atoms with Gasteiger partial charge >= 0.3 is 5.97 Å². The van der Waals surface area contributed by atoms with Gasteiger partial charge in [0, 0.05) is 12.5 Å². The van der Waals surface area contributed by atoms with E-state index in [0.717, 1.165) is 0 Å². The SMILES string of the molecule is COC(=O)C(N)CCOc1cccc(F)c1. The highest BCUT2D eigenvalue weighted by molar-refractivity contribution is 5.75. The van der Waals surface area contributed by atoms with Crippen LogP contribution in [0.25, 0.3) is 0 Å². The molecule has 88 valence electrons. The predicted molar refractivity (Wildman–Crippen MR) is 56.5 cm³/mol. The Morgan fingerprint density at radius 3 is 2.94 bits per heavy atom. The summed E-state index contributed by atoms with van der Waals surface area (Å²) in [5, 5.41) is 0. The van der Waals surface area contributed by atoms with Crippen molar-refractivity contribution < 1.29 is 18.7 Å². The van der Waals surface area contributed by atoms with Crippen molar-refractivity contribution in [1.82, 2.24) is 0 Å². The smallest absolute Gasteiger partial charge is 0.322 e. The molecule has 1 rings (SSSR count). The van der Waals surface area contributed by atoms with Gasteiger partial charge in [0.1, 0.15) is 17.6 Å². The third-order valence-corrected chi connectivity index (χ3v) is 2.00. The zero-order valence-corrected chi connectivity index (χ0v) is 8.98. The summed E-state index contributed by atoms with van der Waals surface area (Å²) in [5.74, 6) is -0.435. The van der Waals surface area contributed by atoms with Crippen molar-refractivity contribution in [2.75, 3.05) is 13.7 Å². The minimum Gasteiger partial charge on any atom is -0.493 e. The Bertz CT molecular complexity index is 357. The van der Waals surface area contributed by atoms with Crippen LogP contribution in [-0.2, 0) is 9.53 Å². The topological polar surface area (TPSA) is 61.5 Å². The van der Waals surface area contributed by atoms with E-state index in [1.54, 1.807) is 12.1 Å². The first-order valence-electron chi connectivity index (χ1n) is 4.85. The number of ether oxygens (including phenoxy) is 2. The lowest BCUT2D eigenvalue weighted by atomic mass is 10.2. The van der Waals surface area contributed by atoms with Crippen molar-refractivity contribution in [3.05, 3.63) is 30.1 Å². The normalized spacial score (nSPS) is 11.9. The third-order valence-electron chi connectivity index (χ3n) is 2.00. The summed E-state index contributed by atoms with van der Waals surface area (Å²) >= 11 is 0. The van der Waals surface area contributed by atoms with Crippen LogP contribution in [0.1, 0.15) is 6.42 Å². The molecule has 0 fully saturated rings. The summed E-state index contributed by atoms with van der Waals surface area (Å²) in [6, 6.07) is 5.06. The van der Waals surface area contributed by atoms with E-state index in [-0.39, 0.29) is 12.4 Å². The Kier molecular flexibility index (Phi) is 4.72. The first kappa shape index (κ1) is 12.4. The standard InChI is InChI=1S/C11H14FNO3/c1-15-11(14)10(13)5-6-16-9-4-2-3-8(12)7-9/h2-4,7,10H,5-6,13H2,1H3. The molecule has 1 unspecified atom stereocenters. The molecule has 0 saturated carbocycles. The van der Waals surface area contributed by atoms with Crippen molar-refractivity contribution in [2.24, 2.45) is 5.73 Å². The molecule has 0 aliphatic rings. The molecule has 4 nitrogen and oxygen atoms in total. The van der Waals surface area contributed by atoms with Crippen LogP contribution in [-0.4, -0.2) is 25.7 Å². The van der Waals surface area contributed by atoms with E-state index in [1.807, 2.05) is 0 Å². The van der Waals surface area contributed by atoms with Crippen LogP contribution in [0, 0.1) is 5.82 Å². The minimum absolute atomic E-state index is 0.236. The van der Waals surface area contributed by atoms with Crippen LogP contribution in [0.4, 0.5) is 4.39 Å². The molecule has 0 aliphatic carbocycles. The Balaban J connectivity index is 2.33. The number of hydrogen-bond acceptors (Lipinski definition) is 4. The van der Waals surface area contributed by atoms with Crippen LogP contribution >= 0.6 is 0 Å². The highest BCUT2D eigenvalue weighted by atomic mass is 19.1. The largest absolute Gasteiger partial charge is 0.493 e. The molecular formula is C11H14FNO3. The lowest BCUT2D eigenvalue weighted by Gasteiger charge is -2.10. The summed E-state index contributed by atoms with van der Waals surface area (Å²) in [5.41, 5.74) is 5.49. The van der Waals surface area contributed by atoms with Gasteiger partial charge in [-0.1, -0.05) is 6.07 Å². The fraction of sp³-hybridized carbons (Fsp3) is 0.364. The molecule has 0 amide bonds. The number of hydrogen-bond donors (Lipinski definition) is 1. The van der Waals surface area contributed by atoms with E-state index in [9.17, 15) is 9.18 Å². The van der Waals surface area contributed by atoms with Gasteiger partial charge in [-0.15, -0.1) is 0 Å². The van der Waals surface area contributed by atoms with E-state index in [4.69, 9.17) is 10.5 Å². The minimum atomic E-state index is -0.710. The van der Waals surface area contributed by atoms with Gasteiger partial charge in [0.15, 0.2) is 0 Å².